The lowest BCUT2D eigenvalue weighted by molar-refractivity contribution is 0.215. The van der Waals surface area contributed by atoms with Gasteiger partial charge in [-0.05, 0) is 30.7 Å². The van der Waals surface area contributed by atoms with E-state index < -0.39 is 0 Å². The molecule has 0 spiro atoms. The minimum Gasteiger partial charge on any atom is -0.493 e. The van der Waals surface area contributed by atoms with Gasteiger partial charge in [0.25, 0.3) is 5.56 Å². The van der Waals surface area contributed by atoms with Crippen LogP contribution in [0.1, 0.15) is 45.4 Å². The summed E-state index contributed by atoms with van der Waals surface area (Å²) in [5.41, 5.74) is 0.451. The lowest BCUT2D eigenvalue weighted by Crippen LogP contribution is -2.17. The third-order valence-electron chi connectivity index (χ3n) is 5.19. The van der Waals surface area contributed by atoms with E-state index in [0.717, 1.165) is 18.3 Å². The molecule has 1 aromatic carbocycles. The molecule has 2 unspecified atom stereocenters. The fourth-order valence-electron chi connectivity index (χ4n) is 3.70. The molecule has 1 saturated carbocycles. The maximum atomic E-state index is 11.8. The van der Waals surface area contributed by atoms with Crippen LogP contribution in [0, 0.1) is 11.8 Å². The van der Waals surface area contributed by atoms with Crippen LogP contribution >= 0.6 is 0 Å². The molecule has 130 valence electrons. The van der Waals surface area contributed by atoms with E-state index in [9.17, 15) is 4.79 Å². The number of hydrogen-bond acceptors (Lipinski definition) is 4. The van der Waals surface area contributed by atoms with Gasteiger partial charge >= 0.3 is 0 Å². The molecule has 1 aliphatic carbocycles. The number of rotatable bonds is 6. The van der Waals surface area contributed by atoms with E-state index >= 15 is 0 Å². The number of nitrogens with one attached hydrogen (secondary N) is 1. The van der Waals surface area contributed by atoms with Gasteiger partial charge in [-0.2, -0.15) is 0 Å². The molecule has 24 heavy (non-hydrogen) atoms. The van der Waals surface area contributed by atoms with Crippen molar-refractivity contribution in [3.8, 4) is 11.5 Å². The second kappa shape index (κ2) is 7.69. The number of hydrogen-bond donors (Lipinski definition) is 1. The first kappa shape index (κ1) is 16.8. The molecule has 1 aliphatic rings. The Morgan fingerprint density at radius 1 is 1.25 bits per heavy atom. The smallest absolute Gasteiger partial charge is 0.258 e. The van der Waals surface area contributed by atoms with Gasteiger partial charge in [0.05, 0.1) is 30.9 Å². The maximum absolute atomic E-state index is 11.8. The SMILES string of the molecule is COc1cc2c(=O)[nH]cnc2cc1OCCCC1CCCCC1C. The van der Waals surface area contributed by atoms with Crippen molar-refractivity contribution in [2.24, 2.45) is 11.8 Å². The molecule has 3 rings (SSSR count). The molecule has 2 aromatic rings. The third kappa shape index (κ3) is 3.71. The maximum Gasteiger partial charge on any atom is 0.258 e. The molecule has 5 heteroatoms. The molecule has 1 heterocycles. The van der Waals surface area contributed by atoms with E-state index in [1.54, 1.807) is 19.2 Å². The summed E-state index contributed by atoms with van der Waals surface area (Å²) in [6, 6.07) is 3.48. The van der Waals surface area contributed by atoms with Crippen LogP contribution in [0.15, 0.2) is 23.3 Å². The second-order valence-electron chi connectivity index (χ2n) is 6.76. The molecular formula is C19H26N2O3. The van der Waals surface area contributed by atoms with E-state index in [1.807, 2.05) is 0 Å². The molecule has 5 nitrogen and oxygen atoms in total. The van der Waals surface area contributed by atoms with Gasteiger partial charge in [0.15, 0.2) is 11.5 Å². The minimum absolute atomic E-state index is 0.170. The number of methoxy groups -OCH3 is 1. The van der Waals surface area contributed by atoms with E-state index in [-0.39, 0.29) is 5.56 Å². The number of benzene rings is 1. The van der Waals surface area contributed by atoms with Crippen LogP contribution in [-0.2, 0) is 0 Å². The number of fused-ring (bicyclic) bond motifs is 1. The van der Waals surface area contributed by atoms with E-state index in [4.69, 9.17) is 9.47 Å². The van der Waals surface area contributed by atoms with Gasteiger partial charge < -0.3 is 14.5 Å². The summed E-state index contributed by atoms with van der Waals surface area (Å²) in [4.78, 5) is 18.6. The topological polar surface area (TPSA) is 64.2 Å². The lowest BCUT2D eigenvalue weighted by Gasteiger charge is -2.28. The zero-order chi connectivity index (χ0) is 16.9. The van der Waals surface area contributed by atoms with Crippen LogP contribution in [0.25, 0.3) is 10.9 Å². The molecule has 0 amide bonds. The number of ether oxygens (including phenoxy) is 2. The second-order valence-corrected chi connectivity index (χ2v) is 6.76. The quantitative estimate of drug-likeness (QED) is 0.815. The van der Waals surface area contributed by atoms with Crippen LogP contribution in [-0.4, -0.2) is 23.7 Å². The first-order chi connectivity index (χ1) is 11.7. The zero-order valence-corrected chi connectivity index (χ0v) is 14.5. The minimum atomic E-state index is -0.170. The van der Waals surface area contributed by atoms with E-state index in [1.165, 1.54) is 38.4 Å². The Labute approximate surface area is 142 Å². The van der Waals surface area contributed by atoms with Crippen molar-refractivity contribution in [3.63, 3.8) is 0 Å². The summed E-state index contributed by atoms with van der Waals surface area (Å²) < 4.78 is 11.3. The molecule has 1 aromatic heterocycles. The van der Waals surface area contributed by atoms with Crippen molar-refractivity contribution in [2.75, 3.05) is 13.7 Å². The van der Waals surface area contributed by atoms with Crippen molar-refractivity contribution >= 4 is 10.9 Å². The predicted octanol–water partition coefficient (Wildman–Crippen LogP) is 3.92. The Morgan fingerprint density at radius 2 is 2.08 bits per heavy atom. The fraction of sp³-hybridized carbons (Fsp3) is 0.579. The predicted molar refractivity (Wildman–Crippen MR) is 94.8 cm³/mol. The highest BCUT2D eigenvalue weighted by molar-refractivity contribution is 5.81. The molecule has 0 aliphatic heterocycles. The summed E-state index contributed by atoms with van der Waals surface area (Å²) in [5.74, 6) is 2.90. The standard InChI is InChI=1S/C19H26N2O3/c1-13-6-3-4-7-14(13)8-5-9-24-18-11-16-15(10-17(18)23-2)19(22)21-12-20-16/h10-14H,3-9H2,1-2H3,(H,20,21,22). The van der Waals surface area contributed by atoms with Crippen molar-refractivity contribution in [2.45, 2.75) is 45.4 Å². The fourth-order valence-corrected chi connectivity index (χ4v) is 3.70. The lowest BCUT2D eigenvalue weighted by atomic mass is 9.78. The van der Waals surface area contributed by atoms with Gasteiger partial charge in [-0.25, -0.2) is 4.98 Å². The van der Waals surface area contributed by atoms with Gasteiger partial charge in [-0.1, -0.05) is 32.6 Å². The van der Waals surface area contributed by atoms with Gasteiger partial charge in [-0.15, -0.1) is 0 Å². The van der Waals surface area contributed by atoms with Crippen molar-refractivity contribution < 1.29 is 9.47 Å². The Morgan fingerprint density at radius 3 is 2.88 bits per heavy atom. The third-order valence-corrected chi connectivity index (χ3v) is 5.19. The summed E-state index contributed by atoms with van der Waals surface area (Å²) in [5, 5.41) is 0.512. The molecule has 2 atom stereocenters. The first-order valence-corrected chi connectivity index (χ1v) is 8.87. The number of aromatic nitrogens is 2. The molecular weight excluding hydrogens is 304 g/mol. The number of nitrogens with zero attached hydrogens (tertiary/aromatic N) is 1. The monoisotopic (exact) mass is 330 g/mol. The van der Waals surface area contributed by atoms with Gasteiger partial charge in [0, 0.05) is 6.07 Å². The Balaban J connectivity index is 1.63. The van der Waals surface area contributed by atoms with Gasteiger partial charge in [0.1, 0.15) is 0 Å². The highest BCUT2D eigenvalue weighted by Gasteiger charge is 2.20. The highest BCUT2D eigenvalue weighted by atomic mass is 16.5. The normalized spacial score (nSPS) is 20.9. The molecule has 1 fully saturated rings. The zero-order valence-electron chi connectivity index (χ0n) is 14.5. The van der Waals surface area contributed by atoms with E-state index in [2.05, 4.69) is 16.9 Å². The molecule has 0 bridgehead atoms. The summed E-state index contributed by atoms with van der Waals surface area (Å²) >= 11 is 0. The number of H-pyrrole nitrogens is 1. The van der Waals surface area contributed by atoms with Crippen LogP contribution in [0.5, 0.6) is 11.5 Å². The van der Waals surface area contributed by atoms with Crippen molar-refractivity contribution in [1.29, 1.82) is 0 Å². The molecule has 0 saturated heterocycles. The Bertz CT molecular complexity index is 741. The largest absolute Gasteiger partial charge is 0.493 e. The Hall–Kier alpha value is -2.04. The molecule has 1 N–H and O–H groups in total. The average Bonchev–Trinajstić information content (AvgIpc) is 2.60. The number of aromatic amines is 1. The average molecular weight is 330 g/mol. The summed E-state index contributed by atoms with van der Waals surface area (Å²) in [6.07, 6.45) is 9.14. The van der Waals surface area contributed by atoms with Crippen molar-refractivity contribution in [1.82, 2.24) is 9.97 Å². The highest BCUT2D eigenvalue weighted by Crippen LogP contribution is 2.33. The van der Waals surface area contributed by atoms with Crippen LogP contribution in [0.2, 0.25) is 0 Å². The van der Waals surface area contributed by atoms with Crippen LogP contribution < -0.4 is 15.0 Å². The van der Waals surface area contributed by atoms with Crippen molar-refractivity contribution in [3.05, 3.63) is 28.8 Å². The first-order valence-electron chi connectivity index (χ1n) is 8.87. The van der Waals surface area contributed by atoms with Gasteiger partial charge in [-0.3, -0.25) is 4.79 Å². The van der Waals surface area contributed by atoms with Gasteiger partial charge in [0.2, 0.25) is 0 Å². The van der Waals surface area contributed by atoms with Crippen LogP contribution in [0.4, 0.5) is 0 Å². The Kier molecular flexibility index (Phi) is 5.38. The molecule has 0 radical (unpaired) electrons. The summed E-state index contributed by atoms with van der Waals surface area (Å²) in [7, 11) is 1.59. The van der Waals surface area contributed by atoms with E-state index in [0.29, 0.717) is 29.0 Å². The summed E-state index contributed by atoms with van der Waals surface area (Å²) in [6.45, 7) is 3.04. The van der Waals surface area contributed by atoms with Crippen LogP contribution in [0.3, 0.4) is 0 Å².